The zero-order valence-corrected chi connectivity index (χ0v) is 11.5. The maximum atomic E-state index is 11.9. The monoisotopic (exact) mass is 242 g/mol. The summed E-state index contributed by atoms with van der Waals surface area (Å²) in [5.41, 5.74) is -0.840. The number of aliphatic hydroxyl groups is 1. The van der Waals surface area contributed by atoms with E-state index in [4.69, 9.17) is 0 Å². The number of nitrogens with zero attached hydrogens (tertiary/aromatic N) is 1. The number of amides is 2. The molecule has 1 fully saturated rings. The summed E-state index contributed by atoms with van der Waals surface area (Å²) < 4.78 is 0. The van der Waals surface area contributed by atoms with Gasteiger partial charge in [-0.1, -0.05) is 6.92 Å². The van der Waals surface area contributed by atoms with Crippen molar-refractivity contribution in [1.29, 1.82) is 0 Å². The third-order valence-electron chi connectivity index (χ3n) is 3.31. The standard InChI is InChI=1S/C13H26N2O2/c1-10-5-7-11(8-6-10)14-12(16)15(4)9-13(2,3)17/h10-11,17H,5-9H2,1-4H3,(H,14,16). The molecule has 1 aliphatic rings. The van der Waals surface area contributed by atoms with Gasteiger partial charge in [0.05, 0.1) is 12.1 Å². The van der Waals surface area contributed by atoms with Crippen LogP contribution in [0.2, 0.25) is 0 Å². The van der Waals surface area contributed by atoms with Gasteiger partial charge in [-0.05, 0) is 45.4 Å². The minimum absolute atomic E-state index is 0.0771. The van der Waals surface area contributed by atoms with E-state index in [1.165, 1.54) is 12.8 Å². The number of hydrogen-bond acceptors (Lipinski definition) is 2. The largest absolute Gasteiger partial charge is 0.389 e. The average molecular weight is 242 g/mol. The molecule has 2 amide bonds. The summed E-state index contributed by atoms with van der Waals surface area (Å²) in [4.78, 5) is 13.4. The Morgan fingerprint density at radius 2 is 1.88 bits per heavy atom. The topological polar surface area (TPSA) is 52.6 Å². The number of nitrogens with one attached hydrogen (secondary N) is 1. The summed E-state index contributed by atoms with van der Waals surface area (Å²) in [6, 6.07) is 0.231. The van der Waals surface area contributed by atoms with Crippen molar-refractivity contribution in [3.63, 3.8) is 0 Å². The third-order valence-corrected chi connectivity index (χ3v) is 3.31. The van der Waals surface area contributed by atoms with Gasteiger partial charge in [-0.3, -0.25) is 0 Å². The van der Waals surface area contributed by atoms with Crippen molar-refractivity contribution in [1.82, 2.24) is 10.2 Å². The maximum absolute atomic E-state index is 11.9. The molecule has 17 heavy (non-hydrogen) atoms. The van der Waals surface area contributed by atoms with Gasteiger partial charge in [-0.2, -0.15) is 0 Å². The second-order valence-corrected chi connectivity index (χ2v) is 6.07. The minimum atomic E-state index is -0.840. The van der Waals surface area contributed by atoms with Crippen molar-refractivity contribution in [2.24, 2.45) is 5.92 Å². The lowest BCUT2D eigenvalue weighted by Gasteiger charge is -2.31. The van der Waals surface area contributed by atoms with E-state index in [2.05, 4.69) is 12.2 Å². The van der Waals surface area contributed by atoms with Crippen LogP contribution in [-0.4, -0.2) is 41.3 Å². The molecule has 2 N–H and O–H groups in total. The van der Waals surface area contributed by atoms with Crippen LogP contribution in [0.25, 0.3) is 0 Å². The number of carbonyl (C=O) groups is 1. The van der Waals surface area contributed by atoms with Crippen LogP contribution in [-0.2, 0) is 0 Å². The third kappa shape index (κ3) is 5.39. The summed E-state index contributed by atoms with van der Waals surface area (Å²) >= 11 is 0. The van der Waals surface area contributed by atoms with Crippen LogP contribution in [0.1, 0.15) is 46.5 Å². The van der Waals surface area contributed by atoms with Gasteiger partial charge in [0.1, 0.15) is 0 Å². The van der Waals surface area contributed by atoms with Gasteiger partial charge in [-0.15, -0.1) is 0 Å². The Morgan fingerprint density at radius 1 is 1.35 bits per heavy atom. The molecule has 0 atom stereocenters. The highest BCUT2D eigenvalue weighted by Crippen LogP contribution is 2.23. The lowest BCUT2D eigenvalue weighted by atomic mass is 9.87. The highest BCUT2D eigenvalue weighted by atomic mass is 16.3. The number of hydrogen-bond donors (Lipinski definition) is 2. The molecule has 1 aliphatic carbocycles. The number of rotatable bonds is 3. The number of likely N-dealkylation sites (N-methyl/N-ethyl adjacent to an activating group) is 1. The Labute approximate surface area is 104 Å². The first-order valence-corrected chi connectivity index (χ1v) is 6.52. The molecular weight excluding hydrogens is 216 g/mol. The molecule has 0 aromatic heterocycles. The Bertz CT molecular complexity index is 253. The number of carbonyl (C=O) groups excluding carboxylic acids is 1. The quantitative estimate of drug-likeness (QED) is 0.795. The minimum Gasteiger partial charge on any atom is -0.389 e. The van der Waals surface area contributed by atoms with Gasteiger partial charge < -0.3 is 15.3 Å². The van der Waals surface area contributed by atoms with Gasteiger partial charge in [-0.25, -0.2) is 4.79 Å². The molecule has 4 nitrogen and oxygen atoms in total. The molecule has 0 aromatic carbocycles. The maximum Gasteiger partial charge on any atom is 0.317 e. The van der Waals surface area contributed by atoms with Crippen molar-refractivity contribution in [3.05, 3.63) is 0 Å². The molecule has 1 rings (SSSR count). The summed E-state index contributed by atoms with van der Waals surface area (Å²) in [6.07, 6.45) is 4.53. The molecule has 100 valence electrons. The molecule has 0 radical (unpaired) electrons. The Hall–Kier alpha value is -0.770. The zero-order valence-electron chi connectivity index (χ0n) is 11.5. The van der Waals surface area contributed by atoms with E-state index in [0.717, 1.165) is 18.8 Å². The smallest absolute Gasteiger partial charge is 0.317 e. The molecular formula is C13H26N2O2. The fourth-order valence-electron chi connectivity index (χ4n) is 2.34. The molecule has 1 saturated carbocycles. The Kier molecular flexibility index (Phi) is 4.80. The first-order valence-electron chi connectivity index (χ1n) is 6.52. The van der Waals surface area contributed by atoms with Crippen LogP contribution in [0.3, 0.4) is 0 Å². The average Bonchev–Trinajstić information content (AvgIpc) is 2.19. The lowest BCUT2D eigenvalue weighted by Crippen LogP contribution is -2.48. The highest BCUT2D eigenvalue weighted by Gasteiger charge is 2.23. The van der Waals surface area contributed by atoms with Gasteiger partial charge in [0.2, 0.25) is 0 Å². The van der Waals surface area contributed by atoms with Crippen molar-refractivity contribution in [3.8, 4) is 0 Å². The van der Waals surface area contributed by atoms with Crippen molar-refractivity contribution < 1.29 is 9.90 Å². The molecule has 0 bridgehead atoms. The number of urea groups is 1. The van der Waals surface area contributed by atoms with Crippen LogP contribution in [0.15, 0.2) is 0 Å². The summed E-state index contributed by atoms with van der Waals surface area (Å²) in [6.45, 7) is 6.03. The van der Waals surface area contributed by atoms with Crippen LogP contribution in [0.4, 0.5) is 4.79 Å². The van der Waals surface area contributed by atoms with Gasteiger partial charge in [0.25, 0.3) is 0 Å². The SMILES string of the molecule is CC1CCC(NC(=O)N(C)CC(C)(C)O)CC1. The van der Waals surface area contributed by atoms with Crippen molar-refractivity contribution >= 4 is 6.03 Å². The second-order valence-electron chi connectivity index (χ2n) is 6.07. The van der Waals surface area contributed by atoms with Crippen molar-refractivity contribution in [2.45, 2.75) is 58.1 Å². The second kappa shape index (κ2) is 5.71. The van der Waals surface area contributed by atoms with E-state index in [1.54, 1.807) is 25.8 Å². The first-order chi connectivity index (χ1) is 7.78. The van der Waals surface area contributed by atoms with E-state index in [0.29, 0.717) is 12.6 Å². The zero-order chi connectivity index (χ0) is 13.1. The first kappa shape index (κ1) is 14.3. The molecule has 0 saturated heterocycles. The molecule has 0 spiro atoms. The van der Waals surface area contributed by atoms with Crippen LogP contribution in [0.5, 0.6) is 0 Å². The van der Waals surface area contributed by atoms with E-state index in [1.807, 2.05) is 0 Å². The Balaban J connectivity index is 2.33. The molecule has 4 heteroatoms. The van der Waals surface area contributed by atoms with Gasteiger partial charge >= 0.3 is 6.03 Å². The predicted octanol–water partition coefficient (Wildman–Crippen LogP) is 1.98. The van der Waals surface area contributed by atoms with Gasteiger partial charge in [0, 0.05) is 13.1 Å². The molecule has 0 unspecified atom stereocenters. The predicted molar refractivity (Wildman–Crippen MR) is 68.9 cm³/mol. The van der Waals surface area contributed by atoms with Crippen LogP contribution in [0, 0.1) is 5.92 Å². The lowest BCUT2D eigenvalue weighted by molar-refractivity contribution is 0.0525. The van der Waals surface area contributed by atoms with Crippen molar-refractivity contribution in [2.75, 3.05) is 13.6 Å². The Morgan fingerprint density at radius 3 is 2.35 bits per heavy atom. The summed E-state index contributed by atoms with van der Waals surface area (Å²) in [7, 11) is 1.72. The van der Waals surface area contributed by atoms with Crippen LogP contribution < -0.4 is 5.32 Å². The highest BCUT2D eigenvalue weighted by molar-refractivity contribution is 5.74. The molecule has 0 aromatic rings. The van der Waals surface area contributed by atoms with E-state index in [9.17, 15) is 9.90 Å². The van der Waals surface area contributed by atoms with Crippen LogP contribution >= 0.6 is 0 Å². The van der Waals surface area contributed by atoms with E-state index >= 15 is 0 Å². The molecule has 0 aliphatic heterocycles. The van der Waals surface area contributed by atoms with Gasteiger partial charge in [0.15, 0.2) is 0 Å². The fourth-order valence-corrected chi connectivity index (χ4v) is 2.34. The summed E-state index contributed by atoms with van der Waals surface area (Å²) in [5.74, 6) is 0.789. The van der Waals surface area contributed by atoms with E-state index in [-0.39, 0.29) is 6.03 Å². The van der Waals surface area contributed by atoms with E-state index < -0.39 is 5.60 Å². The normalized spacial score (nSPS) is 25.5. The summed E-state index contributed by atoms with van der Waals surface area (Å²) in [5, 5.41) is 12.7. The molecule has 0 heterocycles. The fraction of sp³-hybridized carbons (Fsp3) is 0.923.